The molecule has 4 nitrogen and oxygen atoms in total. The van der Waals surface area contributed by atoms with Gasteiger partial charge in [0.05, 0.1) is 10.2 Å². The fourth-order valence-corrected chi connectivity index (χ4v) is 2.89. The number of nitrogens with zero attached hydrogens (tertiary/aromatic N) is 1. The van der Waals surface area contributed by atoms with E-state index in [1.165, 1.54) is 10.3 Å². The summed E-state index contributed by atoms with van der Waals surface area (Å²) in [4.78, 5) is 16.3. The van der Waals surface area contributed by atoms with Gasteiger partial charge in [-0.05, 0) is 39.3 Å². The Morgan fingerprint density at radius 1 is 1.35 bits per heavy atom. The van der Waals surface area contributed by atoms with Gasteiger partial charge in [-0.2, -0.15) is 0 Å². The Morgan fingerprint density at radius 3 is 2.75 bits per heavy atom. The van der Waals surface area contributed by atoms with E-state index < -0.39 is 0 Å². The molecule has 2 N–H and O–H groups in total. The molecule has 0 aliphatic rings. The second-order valence-electron chi connectivity index (χ2n) is 5.92. The lowest BCUT2D eigenvalue weighted by Gasteiger charge is -2.20. The Bertz CT molecular complexity index is 613. The Morgan fingerprint density at radius 2 is 2.10 bits per heavy atom. The summed E-state index contributed by atoms with van der Waals surface area (Å²) in [5, 5.41) is 7.04. The van der Waals surface area contributed by atoms with E-state index >= 15 is 0 Å². The van der Waals surface area contributed by atoms with E-state index in [-0.39, 0.29) is 11.4 Å². The molecule has 2 rings (SSSR count). The van der Waals surface area contributed by atoms with E-state index in [1.54, 1.807) is 11.3 Å². The van der Waals surface area contributed by atoms with Crippen LogP contribution in [0.4, 0.5) is 5.13 Å². The van der Waals surface area contributed by atoms with Gasteiger partial charge in [0.15, 0.2) is 5.13 Å². The Labute approximate surface area is 123 Å². The van der Waals surface area contributed by atoms with Crippen molar-refractivity contribution < 1.29 is 4.79 Å². The topological polar surface area (TPSA) is 54.0 Å². The van der Waals surface area contributed by atoms with Gasteiger partial charge in [-0.15, -0.1) is 0 Å². The molecule has 0 radical (unpaired) electrons. The first kappa shape index (κ1) is 14.8. The molecule has 2 aromatic rings. The lowest BCUT2D eigenvalue weighted by molar-refractivity contribution is -0.122. The third kappa shape index (κ3) is 3.93. The molecule has 0 saturated heterocycles. The van der Waals surface area contributed by atoms with Gasteiger partial charge in [0, 0.05) is 18.5 Å². The number of aromatic nitrogens is 1. The van der Waals surface area contributed by atoms with E-state index in [2.05, 4.69) is 34.7 Å². The minimum Gasteiger partial charge on any atom is -0.361 e. The Hall–Kier alpha value is -1.62. The highest BCUT2D eigenvalue weighted by atomic mass is 32.1. The van der Waals surface area contributed by atoms with Crippen molar-refractivity contribution >= 4 is 32.6 Å². The number of hydrogen-bond donors (Lipinski definition) is 2. The molecule has 1 heterocycles. The first-order chi connectivity index (χ1) is 9.35. The summed E-state index contributed by atoms with van der Waals surface area (Å²) in [5.41, 5.74) is 2.04. The van der Waals surface area contributed by atoms with Crippen molar-refractivity contribution in [1.82, 2.24) is 10.3 Å². The smallest absolute Gasteiger partial charge is 0.222 e. The van der Waals surface area contributed by atoms with Crippen molar-refractivity contribution in [1.29, 1.82) is 0 Å². The van der Waals surface area contributed by atoms with Crippen LogP contribution in [0.25, 0.3) is 10.2 Å². The van der Waals surface area contributed by atoms with Gasteiger partial charge in [-0.25, -0.2) is 4.98 Å². The summed E-state index contributed by atoms with van der Waals surface area (Å²) in [5.74, 6) is 0.0577. The van der Waals surface area contributed by atoms with Crippen molar-refractivity contribution in [2.75, 3.05) is 11.9 Å². The molecule has 0 bridgehead atoms. The van der Waals surface area contributed by atoms with Crippen LogP contribution < -0.4 is 10.6 Å². The minimum absolute atomic E-state index is 0.0577. The highest BCUT2D eigenvalue weighted by molar-refractivity contribution is 7.22. The summed E-state index contributed by atoms with van der Waals surface area (Å²) in [6.45, 7) is 8.60. The maximum absolute atomic E-state index is 11.7. The Balaban J connectivity index is 1.90. The fraction of sp³-hybridized carbons (Fsp3) is 0.467. The van der Waals surface area contributed by atoms with Crippen LogP contribution >= 0.6 is 11.3 Å². The number of thiazole rings is 1. The number of rotatable bonds is 4. The number of carbonyl (C=O) groups excluding carboxylic acids is 1. The van der Waals surface area contributed by atoms with Crippen molar-refractivity contribution in [3.63, 3.8) is 0 Å². The number of carbonyl (C=O) groups is 1. The van der Waals surface area contributed by atoms with Crippen molar-refractivity contribution in [3.05, 3.63) is 23.8 Å². The zero-order valence-corrected chi connectivity index (χ0v) is 13.2. The van der Waals surface area contributed by atoms with Crippen LogP contribution in [-0.2, 0) is 4.79 Å². The van der Waals surface area contributed by atoms with Gasteiger partial charge in [0.25, 0.3) is 0 Å². The number of aryl methyl sites for hydroxylation is 1. The van der Waals surface area contributed by atoms with Crippen molar-refractivity contribution in [2.24, 2.45) is 0 Å². The van der Waals surface area contributed by atoms with E-state index in [4.69, 9.17) is 0 Å². The number of hydrogen-bond acceptors (Lipinski definition) is 4. The third-order valence-electron chi connectivity index (χ3n) is 2.76. The van der Waals surface area contributed by atoms with Crippen LogP contribution in [0.15, 0.2) is 18.2 Å². The first-order valence-electron chi connectivity index (χ1n) is 6.76. The van der Waals surface area contributed by atoms with Crippen molar-refractivity contribution in [2.45, 2.75) is 39.7 Å². The molecule has 0 aliphatic heterocycles. The molecule has 20 heavy (non-hydrogen) atoms. The first-order valence-corrected chi connectivity index (χ1v) is 7.58. The molecule has 1 aromatic carbocycles. The van der Waals surface area contributed by atoms with Gasteiger partial charge in [-0.1, -0.05) is 23.5 Å². The third-order valence-corrected chi connectivity index (χ3v) is 3.74. The van der Waals surface area contributed by atoms with Crippen molar-refractivity contribution in [3.8, 4) is 0 Å². The van der Waals surface area contributed by atoms with Gasteiger partial charge in [0.1, 0.15) is 0 Å². The lowest BCUT2D eigenvalue weighted by atomic mass is 10.1. The number of benzene rings is 1. The molecule has 0 saturated carbocycles. The second kappa shape index (κ2) is 5.79. The molecule has 0 spiro atoms. The summed E-state index contributed by atoms with van der Waals surface area (Å²) in [7, 11) is 0. The maximum Gasteiger partial charge on any atom is 0.222 e. The molecule has 0 unspecified atom stereocenters. The molecule has 108 valence electrons. The van der Waals surface area contributed by atoms with Crippen LogP contribution in [-0.4, -0.2) is 23.0 Å². The van der Waals surface area contributed by atoms with Gasteiger partial charge < -0.3 is 10.6 Å². The zero-order chi connectivity index (χ0) is 14.8. The Kier molecular flexibility index (Phi) is 4.28. The quantitative estimate of drug-likeness (QED) is 0.908. The highest BCUT2D eigenvalue weighted by Gasteiger charge is 2.13. The molecule has 1 amide bonds. The van der Waals surface area contributed by atoms with E-state index in [1.807, 2.05) is 26.8 Å². The van der Waals surface area contributed by atoms with Crippen LogP contribution in [0.3, 0.4) is 0 Å². The molecule has 0 aliphatic carbocycles. The summed E-state index contributed by atoms with van der Waals surface area (Å²) in [6, 6.07) is 6.16. The number of anilines is 1. The van der Waals surface area contributed by atoms with Crippen LogP contribution in [0, 0.1) is 6.92 Å². The molecular weight excluding hydrogens is 270 g/mol. The highest BCUT2D eigenvalue weighted by Crippen LogP contribution is 2.27. The van der Waals surface area contributed by atoms with Crippen LogP contribution in [0.5, 0.6) is 0 Å². The number of fused-ring (bicyclic) bond motifs is 1. The van der Waals surface area contributed by atoms with E-state index in [9.17, 15) is 4.79 Å². The predicted molar refractivity (Wildman–Crippen MR) is 85.4 cm³/mol. The largest absolute Gasteiger partial charge is 0.361 e. The fourth-order valence-electron chi connectivity index (χ4n) is 1.93. The SMILES string of the molecule is Cc1cccc2sc(NCCC(=O)NC(C)(C)C)nc12. The van der Waals surface area contributed by atoms with Gasteiger partial charge in [-0.3, -0.25) is 4.79 Å². The molecule has 5 heteroatoms. The second-order valence-corrected chi connectivity index (χ2v) is 6.95. The lowest BCUT2D eigenvalue weighted by Crippen LogP contribution is -2.41. The minimum atomic E-state index is -0.177. The monoisotopic (exact) mass is 291 g/mol. The van der Waals surface area contributed by atoms with Crippen LogP contribution in [0.2, 0.25) is 0 Å². The summed E-state index contributed by atoms with van der Waals surface area (Å²) in [6.07, 6.45) is 0.451. The molecule has 0 atom stereocenters. The molecule has 1 aromatic heterocycles. The van der Waals surface area contributed by atoms with Crippen LogP contribution in [0.1, 0.15) is 32.8 Å². The predicted octanol–water partition coefficient (Wildman–Crippen LogP) is 3.32. The molecule has 0 fully saturated rings. The number of amides is 1. The van der Waals surface area contributed by atoms with Gasteiger partial charge >= 0.3 is 0 Å². The van der Waals surface area contributed by atoms with E-state index in [0.717, 1.165) is 10.6 Å². The summed E-state index contributed by atoms with van der Waals surface area (Å²) < 4.78 is 1.17. The van der Waals surface area contributed by atoms with E-state index in [0.29, 0.717) is 13.0 Å². The van der Waals surface area contributed by atoms with Gasteiger partial charge in [0.2, 0.25) is 5.91 Å². The molecular formula is C15H21N3OS. The normalized spacial score (nSPS) is 11.6. The summed E-state index contributed by atoms with van der Waals surface area (Å²) >= 11 is 1.62. The average Bonchev–Trinajstić information content (AvgIpc) is 2.71. The maximum atomic E-state index is 11.7. The number of para-hydroxylation sites is 1. The standard InChI is InChI=1S/C15H21N3OS/c1-10-6-5-7-11-13(10)17-14(20-11)16-9-8-12(19)18-15(2,3)4/h5-7H,8-9H2,1-4H3,(H,16,17)(H,18,19). The zero-order valence-electron chi connectivity index (χ0n) is 12.4. The number of nitrogens with one attached hydrogen (secondary N) is 2. The average molecular weight is 291 g/mol.